The minimum Gasteiger partial charge on any atom is -0.406 e. The van der Waals surface area contributed by atoms with E-state index >= 15 is 0 Å². The lowest BCUT2D eigenvalue weighted by atomic mass is 10.1. The first-order valence-corrected chi connectivity index (χ1v) is 11.4. The average Bonchev–Trinajstić information content (AvgIpc) is 2.77. The number of nitrogens with one attached hydrogen (secondary N) is 1. The Hall–Kier alpha value is -3.12. The molecule has 1 saturated heterocycles. The number of carbonyl (C=O) groups is 2. The van der Waals surface area contributed by atoms with Crippen LogP contribution in [0.25, 0.3) is 0 Å². The molecule has 178 valence electrons. The fourth-order valence-corrected chi connectivity index (χ4v) is 4.69. The lowest BCUT2D eigenvalue weighted by Gasteiger charge is -2.34. The van der Waals surface area contributed by atoms with Crippen LogP contribution in [0.5, 0.6) is 5.75 Å². The standard InChI is InChI=1S/C21H22F3N3O5S/c1-15(28)25-14-16-2-4-17(5-3-16)20(29)26-10-12-27(13-11-26)33(30,31)19-8-6-18(7-9-19)32-21(22,23)24/h2-9H,10-14H2,1H3,(H,25,28). The van der Waals surface area contributed by atoms with E-state index in [0.29, 0.717) is 12.1 Å². The summed E-state index contributed by atoms with van der Waals surface area (Å²) in [5.74, 6) is -0.916. The van der Waals surface area contributed by atoms with Crippen LogP contribution >= 0.6 is 0 Å². The van der Waals surface area contributed by atoms with Gasteiger partial charge in [-0.3, -0.25) is 9.59 Å². The maximum Gasteiger partial charge on any atom is 0.573 e. The second-order valence-corrected chi connectivity index (χ2v) is 9.26. The van der Waals surface area contributed by atoms with Crippen molar-refractivity contribution in [2.75, 3.05) is 26.2 Å². The highest BCUT2D eigenvalue weighted by Crippen LogP contribution is 2.25. The lowest BCUT2D eigenvalue weighted by molar-refractivity contribution is -0.274. The highest BCUT2D eigenvalue weighted by atomic mass is 32.2. The molecule has 2 aromatic carbocycles. The molecule has 0 spiro atoms. The van der Waals surface area contributed by atoms with E-state index in [4.69, 9.17) is 0 Å². The number of carbonyl (C=O) groups excluding carboxylic acids is 2. The summed E-state index contributed by atoms with van der Waals surface area (Å²) in [6.45, 7) is 2.20. The molecule has 1 N–H and O–H groups in total. The summed E-state index contributed by atoms with van der Waals surface area (Å²) >= 11 is 0. The molecule has 1 heterocycles. The Morgan fingerprint density at radius 2 is 1.55 bits per heavy atom. The molecule has 2 aromatic rings. The van der Waals surface area contributed by atoms with E-state index in [0.717, 1.165) is 29.8 Å². The molecule has 33 heavy (non-hydrogen) atoms. The molecule has 1 aliphatic rings. The summed E-state index contributed by atoms with van der Waals surface area (Å²) in [4.78, 5) is 25.1. The monoisotopic (exact) mass is 485 g/mol. The molecule has 0 saturated carbocycles. The number of hydrogen-bond acceptors (Lipinski definition) is 5. The first kappa shape index (κ1) is 24.5. The minimum absolute atomic E-state index is 0.0511. The van der Waals surface area contributed by atoms with Gasteiger partial charge in [-0.05, 0) is 42.0 Å². The van der Waals surface area contributed by atoms with Crippen LogP contribution < -0.4 is 10.1 Å². The van der Waals surface area contributed by atoms with Crippen molar-refractivity contribution < 1.29 is 35.9 Å². The zero-order valence-electron chi connectivity index (χ0n) is 17.6. The van der Waals surface area contributed by atoms with Crippen LogP contribution in [-0.2, 0) is 21.4 Å². The first-order valence-electron chi connectivity index (χ1n) is 9.94. The number of hydrogen-bond donors (Lipinski definition) is 1. The second kappa shape index (κ2) is 9.79. The average molecular weight is 485 g/mol. The van der Waals surface area contributed by atoms with E-state index in [1.54, 1.807) is 24.3 Å². The van der Waals surface area contributed by atoms with Crippen molar-refractivity contribution in [3.8, 4) is 5.75 Å². The molecule has 12 heteroatoms. The normalized spacial score (nSPS) is 15.2. The van der Waals surface area contributed by atoms with Gasteiger partial charge in [0, 0.05) is 45.2 Å². The van der Waals surface area contributed by atoms with E-state index in [9.17, 15) is 31.2 Å². The van der Waals surface area contributed by atoms with Gasteiger partial charge in [0.15, 0.2) is 0 Å². The lowest BCUT2D eigenvalue weighted by Crippen LogP contribution is -2.50. The molecule has 0 aliphatic carbocycles. The van der Waals surface area contributed by atoms with E-state index in [1.165, 1.54) is 16.1 Å². The van der Waals surface area contributed by atoms with Crippen LogP contribution in [-0.4, -0.2) is 62.0 Å². The highest BCUT2D eigenvalue weighted by molar-refractivity contribution is 7.89. The Bertz CT molecular complexity index is 1100. The molecular formula is C21H22F3N3O5S. The number of benzene rings is 2. The van der Waals surface area contributed by atoms with Gasteiger partial charge in [0.25, 0.3) is 5.91 Å². The van der Waals surface area contributed by atoms with Gasteiger partial charge in [-0.15, -0.1) is 13.2 Å². The molecule has 0 unspecified atom stereocenters. The number of piperazine rings is 1. The predicted octanol–water partition coefficient (Wildman–Crippen LogP) is 2.37. The van der Waals surface area contributed by atoms with Gasteiger partial charge < -0.3 is 15.0 Å². The summed E-state index contributed by atoms with van der Waals surface area (Å²) in [7, 11) is -3.93. The van der Waals surface area contributed by atoms with Gasteiger partial charge >= 0.3 is 6.36 Å². The first-order chi connectivity index (χ1) is 15.5. The third-order valence-corrected chi connectivity index (χ3v) is 6.88. The third-order valence-electron chi connectivity index (χ3n) is 4.96. The molecule has 1 aliphatic heterocycles. The third kappa shape index (κ3) is 6.45. The van der Waals surface area contributed by atoms with Crippen LogP contribution in [0, 0.1) is 0 Å². The Kier molecular flexibility index (Phi) is 7.28. The fraction of sp³-hybridized carbons (Fsp3) is 0.333. The van der Waals surface area contributed by atoms with Gasteiger partial charge in [0.05, 0.1) is 4.90 Å². The second-order valence-electron chi connectivity index (χ2n) is 7.32. The van der Waals surface area contributed by atoms with Crippen molar-refractivity contribution in [2.45, 2.75) is 24.7 Å². The molecule has 3 rings (SSSR count). The number of nitrogens with zero attached hydrogens (tertiary/aromatic N) is 2. The largest absolute Gasteiger partial charge is 0.573 e. The maximum absolute atomic E-state index is 12.8. The molecule has 8 nitrogen and oxygen atoms in total. The quantitative estimate of drug-likeness (QED) is 0.678. The Labute approximate surface area is 189 Å². The van der Waals surface area contributed by atoms with Crippen LogP contribution in [0.2, 0.25) is 0 Å². The summed E-state index contributed by atoms with van der Waals surface area (Å²) in [6.07, 6.45) is -4.87. The van der Waals surface area contributed by atoms with Crippen LogP contribution in [0.4, 0.5) is 13.2 Å². The minimum atomic E-state index is -4.87. The Balaban J connectivity index is 1.59. The van der Waals surface area contributed by atoms with Crippen molar-refractivity contribution in [3.05, 3.63) is 59.7 Å². The van der Waals surface area contributed by atoms with E-state index in [-0.39, 0.29) is 42.9 Å². The van der Waals surface area contributed by atoms with Crippen molar-refractivity contribution in [2.24, 2.45) is 0 Å². The van der Waals surface area contributed by atoms with Crippen molar-refractivity contribution >= 4 is 21.8 Å². The SMILES string of the molecule is CC(=O)NCc1ccc(C(=O)N2CCN(S(=O)(=O)c3ccc(OC(F)(F)F)cc3)CC2)cc1. The van der Waals surface area contributed by atoms with Crippen LogP contribution in [0.15, 0.2) is 53.4 Å². The smallest absolute Gasteiger partial charge is 0.406 e. The van der Waals surface area contributed by atoms with Gasteiger partial charge in [0.1, 0.15) is 5.75 Å². The van der Waals surface area contributed by atoms with Gasteiger partial charge in [-0.2, -0.15) is 4.31 Å². The maximum atomic E-state index is 12.8. The number of rotatable bonds is 6. The zero-order valence-corrected chi connectivity index (χ0v) is 18.4. The highest BCUT2D eigenvalue weighted by Gasteiger charge is 2.32. The Morgan fingerprint density at radius 3 is 2.06 bits per heavy atom. The predicted molar refractivity (Wildman–Crippen MR) is 112 cm³/mol. The Morgan fingerprint density at radius 1 is 0.970 bits per heavy atom. The van der Waals surface area contributed by atoms with Gasteiger partial charge in [-0.1, -0.05) is 12.1 Å². The number of amides is 2. The molecule has 1 fully saturated rings. The number of sulfonamides is 1. The number of ether oxygens (including phenoxy) is 1. The molecule has 0 bridgehead atoms. The van der Waals surface area contributed by atoms with Crippen molar-refractivity contribution in [1.29, 1.82) is 0 Å². The van der Waals surface area contributed by atoms with E-state index < -0.39 is 22.1 Å². The summed E-state index contributed by atoms with van der Waals surface area (Å²) < 4.78 is 67.4. The van der Waals surface area contributed by atoms with E-state index in [1.807, 2.05) is 0 Å². The zero-order chi connectivity index (χ0) is 24.2. The molecule has 0 radical (unpaired) electrons. The van der Waals surface area contributed by atoms with E-state index in [2.05, 4.69) is 10.1 Å². The van der Waals surface area contributed by atoms with Crippen LogP contribution in [0.1, 0.15) is 22.8 Å². The molecule has 0 atom stereocenters. The van der Waals surface area contributed by atoms with Gasteiger partial charge in [-0.25, -0.2) is 8.42 Å². The summed E-state index contributed by atoms with van der Waals surface area (Å²) in [5, 5.41) is 2.67. The molecular weight excluding hydrogens is 463 g/mol. The van der Waals surface area contributed by atoms with Gasteiger partial charge in [0.2, 0.25) is 15.9 Å². The number of halogens is 3. The van der Waals surface area contributed by atoms with Crippen molar-refractivity contribution in [3.63, 3.8) is 0 Å². The summed E-state index contributed by atoms with van der Waals surface area (Å²) in [5.41, 5.74) is 1.28. The molecule has 2 amide bonds. The summed E-state index contributed by atoms with van der Waals surface area (Å²) in [6, 6.07) is 10.7. The van der Waals surface area contributed by atoms with Crippen LogP contribution in [0.3, 0.4) is 0 Å². The fourth-order valence-electron chi connectivity index (χ4n) is 3.27. The number of alkyl halides is 3. The topological polar surface area (TPSA) is 96.0 Å². The van der Waals surface area contributed by atoms with Crippen molar-refractivity contribution in [1.82, 2.24) is 14.5 Å². The molecule has 0 aromatic heterocycles.